The largest absolute Gasteiger partial charge is 0.508 e. The molecule has 0 spiro atoms. The minimum Gasteiger partial charge on any atom is -0.508 e. The van der Waals surface area contributed by atoms with E-state index < -0.39 is 11.7 Å². The zero-order valence-corrected chi connectivity index (χ0v) is 17.0. The molecule has 30 heavy (non-hydrogen) atoms. The summed E-state index contributed by atoms with van der Waals surface area (Å²) in [7, 11) is 0. The Labute approximate surface area is 173 Å². The van der Waals surface area contributed by atoms with Crippen LogP contribution >= 0.6 is 0 Å². The second-order valence-corrected chi connectivity index (χ2v) is 7.42. The van der Waals surface area contributed by atoms with E-state index in [1.54, 1.807) is 19.1 Å². The predicted octanol–water partition coefficient (Wildman–Crippen LogP) is 3.10. The number of nitrogens with one attached hydrogen (secondary N) is 1. The molecule has 2 aromatic carbocycles. The summed E-state index contributed by atoms with van der Waals surface area (Å²) in [5.41, 5.74) is 2.02. The second-order valence-electron chi connectivity index (χ2n) is 7.42. The van der Waals surface area contributed by atoms with Crippen LogP contribution in [0.3, 0.4) is 0 Å². The summed E-state index contributed by atoms with van der Waals surface area (Å²) in [6.45, 7) is 5.04. The van der Waals surface area contributed by atoms with Crippen LogP contribution in [-0.2, 0) is 11.3 Å². The molecule has 2 heterocycles. The average molecular weight is 408 g/mol. The first-order valence-electron chi connectivity index (χ1n) is 10.0. The van der Waals surface area contributed by atoms with E-state index in [0.29, 0.717) is 36.5 Å². The van der Waals surface area contributed by atoms with Crippen LogP contribution in [0, 0.1) is 6.92 Å². The van der Waals surface area contributed by atoms with Crippen molar-refractivity contribution in [2.75, 3.05) is 18.0 Å². The van der Waals surface area contributed by atoms with Gasteiger partial charge in [0, 0.05) is 30.1 Å². The van der Waals surface area contributed by atoms with Gasteiger partial charge in [0.15, 0.2) is 6.10 Å². The minimum atomic E-state index is -0.649. The van der Waals surface area contributed by atoms with Crippen molar-refractivity contribution < 1.29 is 19.1 Å². The van der Waals surface area contributed by atoms with E-state index in [-0.39, 0.29) is 11.7 Å². The van der Waals surface area contributed by atoms with Crippen molar-refractivity contribution in [3.8, 4) is 11.5 Å². The molecule has 0 radical (unpaired) electrons. The van der Waals surface area contributed by atoms with Crippen LogP contribution in [0.5, 0.6) is 11.5 Å². The molecule has 0 bridgehead atoms. The molecular weight excluding hydrogens is 384 g/mol. The number of hydrogen-bond donors (Lipinski definition) is 2. The van der Waals surface area contributed by atoms with Gasteiger partial charge in [-0.05, 0) is 43.2 Å². The summed E-state index contributed by atoms with van der Waals surface area (Å²) in [6.07, 6.45) is 0.195. The number of anilines is 1. The van der Waals surface area contributed by atoms with Crippen molar-refractivity contribution in [3.05, 3.63) is 64.0 Å². The van der Waals surface area contributed by atoms with E-state index in [0.717, 1.165) is 23.1 Å². The number of aryl methyl sites for hydroxylation is 1. The molecule has 1 aliphatic rings. The molecule has 4 rings (SSSR count). The molecule has 0 fully saturated rings. The molecule has 2 N–H and O–H groups in total. The summed E-state index contributed by atoms with van der Waals surface area (Å²) in [5.74, 6) is 0.545. The van der Waals surface area contributed by atoms with Crippen LogP contribution in [0.1, 0.15) is 24.5 Å². The Morgan fingerprint density at radius 3 is 2.87 bits per heavy atom. The highest BCUT2D eigenvalue weighted by atomic mass is 16.5. The van der Waals surface area contributed by atoms with Crippen LogP contribution in [-0.4, -0.2) is 30.2 Å². The fourth-order valence-electron chi connectivity index (χ4n) is 3.71. The van der Waals surface area contributed by atoms with Gasteiger partial charge in [0.1, 0.15) is 17.1 Å². The highest BCUT2D eigenvalue weighted by Crippen LogP contribution is 2.35. The van der Waals surface area contributed by atoms with E-state index in [1.807, 2.05) is 36.1 Å². The number of fused-ring (bicyclic) bond motifs is 2. The lowest BCUT2D eigenvalue weighted by molar-refractivity contribution is -0.127. The molecule has 1 amide bonds. The quantitative estimate of drug-likeness (QED) is 0.631. The molecule has 156 valence electrons. The fraction of sp³-hybridized carbons (Fsp3) is 0.304. The lowest BCUT2D eigenvalue weighted by Crippen LogP contribution is -2.49. The topological polar surface area (TPSA) is 92.0 Å². The van der Waals surface area contributed by atoms with Crippen LogP contribution in [0.15, 0.2) is 51.7 Å². The number of benzene rings is 2. The highest BCUT2D eigenvalue weighted by Gasteiger charge is 2.31. The van der Waals surface area contributed by atoms with Gasteiger partial charge in [0.25, 0.3) is 5.91 Å². The van der Waals surface area contributed by atoms with Gasteiger partial charge in [0.2, 0.25) is 0 Å². The number of hydrogen-bond acceptors (Lipinski definition) is 6. The van der Waals surface area contributed by atoms with Crippen molar-refractivity contribution in [1.29, 1.82) is 0 Å². The smallest absolute Gasteiger partial charge is 0.336 e. The van der Waals surface area contributed by atoms with Crippen molar-refractivity contribution in [2.24, 2.45) is 0 Å². The van der Waals surface area contributed by atoms with Crippen LogP contribution in [0.4, 0.5) is 5.69 Å². The lowest BCUT2D eigenvalue weighted by atomic mass is 10.0. The SMILES string of the molecule is CCCNC(=O)[C@H]1CN(Cc2cc(=O)oc3c(C)c(O)ccc23)c2ccccc2O1. The Hall–Kier alpha value is -3.48. The summed E-state index contributed by atoms with van der Waals surface area (Å²) in [5, 5.41) is 13.6. The number of carbonyl (C=O) groups excluding carboxylic acids is 1. The third kappa shape index (κ3) is 3.70. The Morgan fingerprint density at radius 1 is 1.27 bits per heavy atom. The molecule has 1 atom stereocenters. The Bertz CT molecular complexity index is 1150. The minimum absolute atomic E-state index is 0.0761. The first-order chi connectivity index (χ1) is 14.5. The number of para-hydroxylation sites is 2. The summed E-state index contributed by atoms with van der Waals surface area (Å²) >= 11 is 0. The van der Waals surface area contributed by atoms with Crippen LogP contribution < -0.4 is 20.6 Å². The molecular formula is C23H24N2O5. The Morgan fingerprint density at radius 2 is 2.07 bits per heavy atom. The highest BCUT2D eigenvalue weighted by molar-refractivity contribution is 5.86. The number of ether oxygens (including phenoxy) is 1. The van der Waals surface area contributed by atoms with E-state index in [9.17, 15) is 14.7 Å². The maximum Gasteiger partial charge on any atom is 0.336 e. The zero-order valence-electron chi connectivity index (χ0n) is 17.0. The number of phenolic OH excluding ortho intramolecular Hbond substituents is 1. The molecule has 3 aromatic rings. The molecule has 0 unspecified atom stereocenters. The number of amides is 1. The standard InChI is InChI=1S/C23H24N2O5/c1-3-10-24-23(28)20-13-25(17-6-4-5-7-19(17)29-20)12-15-11-21(27)30-22-14(2)18(26)9-8-16(15)22/h4-9,11,20,26H,3,10,12-13H2,1-2H3,(H,24,28)/t20-/m1/s1. The molecule has 1 aliphatic heterocycles. The van der Waals surface area contributed by atoms with Gasteiger partial charge in [-0.3, -0.25) is 4.79 Å². The lowest BCUT2D eigenvalue weighted by Gasteiger charge is -2.35. The van der Waals surface area contributed by atoms with Crippen molar-refractivity contribution in [1.82, 2.24) is 5.32 Å². The average Bonchev–Trinajstić information content (AvgIpc) is 2.74. The summed E-state index contributed by atoms with van der Waals surface area (Å²) in [4.78, 5) is 26.8. The van der Waals surface area contributed by atoms with Gasteiger partial charge in [-0.1, -0.05) is 19.1 Å². The third-order valence-corrected chi connectivity index (χ3v) is 5.28. The monoisotopic (exact) mass is 408 g/mol. The van der Waals surface area contributed by atoms with Crippen LogP contribution in [0.25, 0.3) is 11.0 Å². The van der Waals surface area contributed by atoms with Gasteiger partial charge >= 0.3 is 5.63 Å². The number of phenols is 1. The van der Waals surface area contributed by atoms with Gasteiger partial charge in [-0.2, -0.15) is 0 Å². The molecule has 1 aromatic heterocycles. The van der Waals surface area contributed by atoms with Crippen molar-refractivity contribution in [2.45, 2.75) is 32.9 Å². The zero-order chi connectivity index (χ0) is 21.3. The fourth-order valence-corrected chi connectivity index (χ4v) is 3.71. The van der Waals surface area contributed by atoms with Gasteiger partial charge in [-0.25, -0.2) is 4.79 Å². The first kappa shape index (κ1) is 19.8. The number of nitrogens with zero attached hydrogens (tertiary/aromatic N) is 1. The van der Waals surface area contributed by atoms with Gasteiger partial charge in [0.05, 0.1) is 12.2 Å². The maximum absolute atomic E-state index is 12.6. The molecule has 7 heteroatoms. The first-order valence-corrected chi connectivity index (χ1v) is 10.0. The van der Waals surface area contributed by atoms with Crippen molar-refractivity contribution in [3.63, 3.8) is 0 Å². The number of aromatic hydroxyl groups is 1. The van der Waals surface area contributed by atoms with E-state index in [1.165, 1.54) is 6.07 Å². The molecule has 0 aliphatic carbocycles. The van der Waals surface area contributed by atoms with Crippen LogP contribution in [0.2, 0.25) is 0 Å². The molecule has 0 saturated carbocycles. The maximum atomic E-state index is 12.6. The number of rotatable bonds is 5. The number of carbonyl (C=O) groups is 1. The van der Waals surface area contributed by atoms with E-state index >= 15 is 0 Å². The summed E-state index contributed by atoms with van der Waals surface area (Å²) < 4.78 is 11.3. The normalized spacial score (nSPS) is 15.5. The second kappa shape index (κ2) is 8.10. The molecule has 7 nitrogen and oxygen atoms in total. The van der Waals surface area contributed by atoms with Crippen molar-refractivity contribution >= 4 is 22.6 Å². The Balaban J connectivity index is 1.72. The summed E-state index contributed by atoms with van der Waals surface area (Å²) in [6, 6.07) is 12.3. The van der Waals surface area contributed by atoms with Gasteiger partial charge in [-0.15, -0.1) is 0 Å². The predicted molar refractivity (Wildman–Crippen MR) is 114 cm³/mol. The third-order valence-electron chi connectivity index (χ3n) is 5.28. The van der Waals surface area contributed by atoms with E-state index in [2.05, 4.69) is 5.32 Å². The Kier molecular flexibility index (Phi) is 5.35. The van der Waals surface area contributed by atoms with Gasteiger partial charge < -0.3 is 24.5 Å². The van der Waals surface area contributed by atoms with E-state index in [4.69, 9.17) is 9.15 Å². The molecule has 0 saturated heterocycles.